The average Bonchev–Trinajstić information content (AvgIpc) is 2.83. The van der Waals surface area contributed by atoms with Crippen LogP contribution in [0.15, 0.2) is 36.7 Å². The summed E-state index contributed by atoms with van der Waals surface area (Å²) >= 11 is 0. The number of aromatic nitrogens is 3. The smallest absolute Gasteiger partial charge is 0.138 e. The summed E-state index contributed by atoms with van der Waals surface area (Å²) in [6.45, 7) is 4.16. The Kier molecular flexibility index (Phi) is 5.10. The molecule has 0 aliphatic heterocycles. The number of benzene rings is 1. The summed E-state index contributed by atoms with van der Waals surface area (Å²) in [4.78, 5) is 4.33. The van der Waals surface area contributed by atoms with Crippen LogP contribution in [-0.2, 0) is 19.9 Å². The van der Waals surface area contributed by atoms with Crippen LogP contribution in [0.5, 0.6) is 0 Å². The zero-order valence-electron chi connectivity index (χ0n) is 11.7. The van der Waals surface area contributed by atoms with Crippen LogP contribution in [0.4, 0.5) is 0 Å². The first kappa shape index (κ1) is 13.7. The molecular formula is C15H22N4. The van der Waals surface area contributed by atoms with Crippen molar-refractivity contribution in [2.24, 2.45) is 13.0 Å². The Bertz CT molecular complexity index is 478. The standard InChI is InChI=1S/C15H22N4/c1-3-16-11-14(9-13-7-5-4-6-8-13)10-15-17-12-18-19(15)2/h4-8,12,14,16H,3,9-11H2,1-2H3. The molecule has 102 valence electrons. The molecule has 1 atom stereocenters. The molecule has 1 N–H and O–H groups in total. The molecule has 4 nitrogen and oxygen atoms in total. The molecule has 2 aromatic rings. The lowest BCUT2D eigenvalue weighted by atomic mass is 9.95. The Labute approximate surface area is 114 Å². The highest BCUT2D eigenvalue weighted by Gasteiger charge is 2.13. The normalized spacial score (nSPS) is 12.5. The molecule has 0 fully saturated rings. The topological polar surface area (TPSA) is 42.7 Å². The van der Waals surface area contributed by atoms with Crippen LogP contribution in [0, 0.1) is 5.92 Å². The number of nitrogens with zero attached hydrogens (tertiary/aromatic N) is 3. The van der Waals surface area contributed by atoms with E-state index < -0.39 is 0 Å². The lowest BCUT2D eigenvalue weighted by Gasteiger charge is -2.17. The molecule has 1 aromatic heterocycles. The van der Waals surface area contributed by atoms with E-state index in [1.54, 1.807) is 6.33 Å². The summed E-state index contributed by atoms with van der Waals surface area (Å²) in [7, 11) is 1.95. The zero-order chi connectivity index (χ0) is 13.5. The SMILES string of the molecule is CCNCC(Cc1ccccc1)Cc1ncnn1C. The molecule has 0 bridgehead atoms. The third kappa shape index (κ3) is 4.17. The first-order valence-electron chi connectivity index (χ1n) is 6.87. The maximum atomic E-state index is 4.33. The summed E-state index contributed by atoms with van der Waals surface area (Å²) in [6, 6.07) is 10.6. The molecule has 1 aromatic carbocycles. The van der Waals surface area contributed by atoms with Crippen molar-refractivity contribution in [3.8, 4) is 0 Å². The van der Waals surface area contributed by atoms with Crippen LogP contribution >= 0.6 is 0 Å². The maximum absolute atomic E-state index is 4.33. The number of aryl methyl sites for hydroxylation is 1. The number of hydrogen-bond donors (Lipinski definition) is 1. The Morgan fingerprint density at radius 2 is 2.00 bits per heavy atom. The van der Waals surface area contributed by atoms with Crippen molar-refractivity contribution in [3.63, 3.8) is 0 Å². The molecule has 0 aliphatic rings. The summed E-state index contributed by atoms with van der Waals surface area (Å²) in [5, 5.41) is 7.59. The third-order valence-corrected chi connectivity index (χ3v) is 3.33. The second-order valence-corrected chi connectivity index (χ2v) is 4.87. The van der Waals surface area contributed by atoms with Crippen LogP contribution in [-0.4, -0.2) is 27.9 Å². The molecule has 0 saturated heterocycles. The minimum atomic E-state index is 0.547. The number of rotatable bonds is 7. The van der Waals surface area contributed by atoms with Crippen molar-refractivity contribution < 1.29 is 0 Å². The third-order valence-electron chi connectivity index (χ3n) is 3.33. The summed E-state index contributed by atoms with van der Waals surface area (Å²) < 4.78 is 1.87. The molecule has 0 aliphatic carbocycles. The van der Waals surface area contributed by atoms with E-state index in [0.29, 0.717) is 5.92 Å². The van der Waals surface area contributed by atoms with Crippen LogP contribution in [0.2, 0.25) is 0 Å². The van der Waals surface area contributed by atoms with Crippen molar-refractivity contribution in [2.45, 2.75) is 19.8 Å². The quantitative estimate of drug-likeness (QED) is 0.824. The second-order valence-electron chi connectivity index (χ2n) is 4.87. The first-order chi connectivity index (χ1) is 9.29. The maximum Gasteiger partial charge on any atom is 0.138 e. The molecule has 0 saturated carbocycles. The van der Waals surface area contributed by atoms with Crippen molar-refractivity contribution in [1.82, 2.24) is 20.1 Å². The van der Waals surface area contributed by atoms with Gasteiger partial charge >= 0.3 is 0 Å². The van der Waals surface area contributed by atoms with E-state index >= 15 is 0 Å². The first-order valence-corrected chi connectivity index (χ1v) is 6.87. The van der Waals surface area contributed by atoms with Gasteiger partial charge in [-0.1, -0.05) is 37.3 Å². The van der Waals surface area contributed by atoms with E-state index in [2.05, 4.69) is 52.7 Å². The fourth-order valence-corrected chi connectivity index (χ4v) is 2.28. The Balaban J connectivity index is 2.01. The summed E-state index contributed by atoms with van der Waals surface area (Å²) in [5.41, 5.74) is 1.38. The minimum Gasteiger partial charge on any atom is -0.317 e. The van der Waals surface area contributed by atoms with Gasteiger partial charge in [-0.2, -0.15) is 5.10 Å². The van der Waals surface area contributed by atoms with Crippen molar-refractivity contribution in [1.29, 1.82) is 0 Å². The second kappa shape index (κ2) is 7.04. The van der Waals surface area contributed by atoms with Crippen molar-refractivity contribution in [2.75, 3.05) is 13.1 Å². The molecular weight excluding hydrogens is 236 g/mol. The van der Waals surface area contributed by atoms with Gasteiger partial charge in [0.15, 0.2) is 0 Å². The van der Waals surface area contributed by atoms with Gasteiger partial charge in [0.25, 0.3) is 0 Å². The van der Waals surface area contributed by atoms with E-state index in [-0.39, 0.29) is 0 Å². The van der Waals surface area contributed by atoms with Gasteiger partial charge in [-0.25, -0.2) is 4.98 Å². The number of hydrogen-bond acceptors (Lipinski definition) is 3. The molecule has 0 spiro atoms. The lowest BCUT2D eigenvalue weighted by Crippen LogP contribution is -2.26. The van der Waals surface area contributed by atoms with Crippen molar-refractivity contribution in [3.05, 3.63) is 48.0 Å². The highest BCUT2D eigenvalue weighted by atomic mass is 15.3. The Morgan fingerprint density at radius 3 is 2.63 bits per heavy atom. The molecule has 1 unspecified atom stereocenters. The molecule has 1 heterocycles. The fraction of sp³-hybridized carbons (Fsp3) is 0.467. The van der Waals surface area contributed by atoms with Gasteiger partial charge in [-0.05, 0) is 31.0 Å². The van der Waals surface area contributed by atoms with Gasteiger partial charge in [0.05, 0.1) is 0 Å². The number of nitrogens with one attached hydrogen (secondary N) is 1. The van der Waals surface area contributed by atoms with Crippen LogP contribution in [0.3, 0.4) is 0 Å². The zero-order valence-corrected chi connectivity index (χ0v) is 11.7. The lowest BCUT2D eigenvalue weighted by molar-refractivity contribution is 0.459. The molecule has 2 rings (SSSR count). The molecule has 0 amide bonds. The summed E-state index contributed by atoms with van der Waals surface area (Å²) in [6.07, 6.45) is 3.65. The fourth-order valence-electron chi connectivity index (χ4n) is 2.28. The Hall–Kier alpha value is -1.68. The average molecular weight is 258 g/mol. The van der Waals surface area contributed by atoms with Gasteiger partial charge in [-0.3, -0.25) is 4.68 Å². The molecule has 0 radical (unpaired) electrons. The van der Waals surface area contributed by atoms with Crippen LogP contribution < -0.4 is 5.32 Å². The van der Waals surface area contributed by atoms with E-state index in [4.69, 9.17) is 0 Å². The van der Waals surface area contributed by atoms with Crippen LogP contribution in [0.1, 0.15) is 18.3 Å². The van der Waals surface area contributed by atoms with E-state index in [1.807, 2.05) is 11.7 Å². The Morgan fingerprint density at radius 1 is 1.21 bits per heavy atom. The van der Waals surface area contributed by atoms with E-state index in [9.17, 15) is 0 Å². The van der Waals surface area contributed by atoms with Gasteiger partial charge in [-0.15, -0.1) is 0 Å². The van der Waals surface area contributed by atoms with E-state index in [1.165, 1.54) is 5.56 Å². The highest BCUT2D eigenvalue weighted by molar-refractivity contribution is 5.15. The summed E-state index contributed by atoms with van der Waals surface area (Å²) in [5.74, 6) is 1.60. The minimum absolute atomic E-state index is 0.547. The monoisotopic (exact) mass is 258 g/mol. The molecule has 19 heavy (non-hydrogen) atoms. The largest absolute Gasteiger partial charge is 0.317 e. The van der Waals surface area contributed by atoms with E-state index in [0.717, 1.165) is 31.8 Å². The van der Waals surface area contributed by atoms with Gasteiger partial charge in [0.1, 0.15) is 12.2 Å². The van der Waals surface area contributed by atoms with Crippen molar-refractivity contribution >= 4 is 0 Å². The predicted molar refractivity (Wildman–Crippen MR) is 76.9 cm³/mol. The predicted octanol–water partition coefficient (Wildman–Crippen LogP) is 1.83. The van der Waals surface area contributed by atoms with Gasteiger partial charge in [0.2, 0.25) is 0 Å². The molecule has 4 heteroatoms. The van der Waals surface area contributed by atoms with Crippen LogP contribution in [0.25, 0.3) is 0 Å². The van der Waals surface area contributed by atoms with Gasteiger partial charge < -0.3 is 5.32 Å². The van der Waals surface area contributed by atoms with Gasteiger partial charge in [0, 0.05) is 13.5 Å². The highest BCUT2D eigenvalue weighted by Crippen LogP contribution is 2.12.